The minimum Gasteiger partial charge on any atom is -0.508 e. The van der Waals surface area contributed by atoms with Crippen molar-refractivity contribution >= 4 is 11.9 Å². The van der Waals surface area contributed by atoms with E-state index in [1.54, 1.807) is 25.1 Å². The van der Waals surface area contributed by atoms with Crippen molar-refractivity contribution in [2.75, 3.05) is 13.2 Å². The molecular formula is C12H15NO5. The van der Waals surface area contributed by atoms with Crippen molar-refractivity contribution in [3.63, 3.8) is 0 Å². The van der Waals surface area contributed by atoms with Gasteiger partial charge in [-0.3, -0.25) is 4.79 Å². The first-order valence-corrected chi connectivity index (χ1v) is 5.37. The van der Waals surface area contributed by atoms with Crippen molar-refractivity contribution in [3.05, 3.63) is 29.8 Å². The van der Waals surface area contributed by atoms with Gasteiger partial charge in [-0.2, -0.15) is 0 Å². The van der Waals surface area contributed by atoms with Crippen LogP contribution in [0.15, 0.2) is 24.3 Å². The van der Waals surface area contributed by atoms with Gasteiger partial charge in [0.05, 0.1) is 6.04 Å². The fourth-order valence-corrected chi connectivity index (χ4v) is 1.39. The van der Waals surface area contributed by atoms with Gasteiger partial charge in [-0.15, -0.1) is 0 Å². The lowest BCUT2D eigenvalue weighted by Crippen LogP contribution is -2.30. The Labute approximate surface area is 104 Å². The number of aromatic hydroxyl groups is 1. The van der Waals surface area contributed by atoms with Crippen LogP contribution in [0, 0.1) is 0 Å². The van der Waals surface area contributed by atoms with Crippen molar-refractivity contribution in [2.45, 2.75) is 13.0 Å². The molecule has 98 valence electrons. The lowest BCUT2D eigenvalue weighted by molar-refractivity contribution is -0.143. The van der Waals surface area contributed by atoms with Crippen molar-refractivity contribution in [3.8, 4) is 5.75 Å². The Hall–Kier alpha value is -2.08. The molecule has 1 unspecified atom stereocenters. The highest BCUT2D eigenvalue weighted by atomic mass is 16.5. The second-order valence-corrected chi connectivity index (χ2v) is 3.77. The van der Waals surface area contributed by atoms with Crippen molar-refractivity contribution in [1.29, 1.82) is 0 Å². The molecule has 0 heterocycles. The van der Waals surface area contributed by atoms with E-state index in [1.165, 1.54) is 6.07 Å². The molecule has 0 aliphatic carbocycles. The maximum absolute atomic E-state index is 11.4. The van der Waals surface area contributed by atoms with E-state index < -0.39 is 18.5 Å². The van der Waals surface area contributed by atoms with E-state index in [4.69, 9.17) is 5.11 Å². The summed E-state index contributed by atoms with van der Waals surface area (Å²) < 4.78 is 4.66. The van der Waals surface area contributed by atoms with E-state index >= 15 is 0 Å². The van der Waals surface area contributed by atoms with Gasteiger partial charge in [-0.1, -0.05) is 12.1 Å². The Bertz CT molecular complexity index is 432. The summed E-state index contributed by atoms with van der Waals surface area (Å²) in [6, 6.07) is 6.23. The maximum Gasteiger partial charge on any atom is 0.329 e. The maximum atomic E-state index is 11.4. The molecule has 0 aliphatic rings. The predicted octanol–water partition coefficient (Wildman–Crippen LogP) is 0.671. The van der Waals surface area contributed by atoms with Crippen LogP contribution >= 0.6 is 0 Å². The highest BCUT2D eigenvalue weighted by Crippen LogP contribution is 2.17. The zero-order valence-corrected chi connectivity index (χ0v) is 9.92. The Morgan fingerprint density at radius 2 is 2.11 bits per heavy atom. The zero-order chi connectivity index (χ0) is 13.5. The van der Waals surface area contributed by atoms with Gasteiger partial charge in [-0.25, -0.2) is 4.79 Å². The molecule has 0 saturated heterocycles. The first-order valence-electron chi connectivity index (χ1n) is 5.37. The van der Waals surface area contributed by atoms with Crippen LogP contribution in [0.5, 0.6) is 5.75 Å². The van der Waals surface area contributed by atoms with Gasteiger partial charge in [0.25, 0.3) is 0 Å². The summed E-state index contributed by atoms with van der Waals surface area (Å²) in [4.78, 5) is 21.6. The Morgan fingerprint density at radius 1 is 1.39 bits per heavy atom. The quantitative estimate of drug-likeness (QED) is 0.692. The highest BCUT2D eigenvalue weighted by molar-refractivity contribution is 5.78. The molecule has 0 bridgehead atoms. The van der Waals surface area contributed by atoms with Gasteiger partial charge in [0.15, 0.2) is 0 Å². The fourth-order valence-electron chi connectivity index (χ4n) is 1.39. The second kappa shape index (κ2) is 6.61. The molecule has 6 nitrogen and oxygen atoms in total. The lowest BCUT2D eigenvalue weighted by Gasteiger charge is -2.14. The molecule has 3 N–H and O–H groups in total. The van der Waals surface area contributed by atoms with E-state index in [-0.39, 0.29) is 18.4 Å². The Balaban J connectivity index is 2.42. The minimum absolute atomic E-state index is 0.121. The standard InChI is InChI=1S/C12H15NO5/c1-8(9-3-2-4-10(14)5-9)13-11(15)6-18-7-12(16)17/h2-5,8,14H,6-7H2,1H3,(H,13,15)(H,16,17). The number of phenols is 1. The van der Waals surface area contributed by atoms with Gasteiger partial charge in [0.2, 0.25) is 5.91 Å². The average Bonchev–Trinajstić information content (AvgIpc) is 2.28. The number of carboxylic acids is 1. The van der Waals surface area contributed by atoms with Crippen molar-refractivity contribution < 1.29 is 24.5 Å². The van der Waals surface area contributed by atoms with E-state index in [1.807, 2.05) is 0 Å². The summed E-state index contributed by atoms with van der Waals surface area (Å²) in [6.45, 7) is 0.938. The molecule has 1 rings (SSSR count). The number of amides is 1. The molecule has 0 radical (unpaired) electrons. The first-order chi connectivity index (χ1) is 8.49. The molecule has 1 atom stereocenters. The summed E-state index contributed by atoms with van der Waals surface area (Å²) in [7, 11) is 0. The van der Waals surface area contributed by atoms with Crippen LogP contribution in [-0.2, 0) is 14.3 Å². The van der Waals surface area contributed by atoms with Gasteiger partial charge < -0.3 is 20.3 Å². The van der Waals surface area contributed by atoms with Crippen LogP contribution in [0.1, 0.15) is 18.5 Å². The Kier molecular flexibility index (Phi) is 5.13. The summed E-state index contributed by atoms with van der Waals surface area (Å²) >= 11 is 0. The number of hydrogen-bond donors (Lipinski definition) is 3. The third-order valence-electron chi connectivity index (χ3n) is 2.21. The van der Waals surface area contributed by atoms with Crippen LogP contribution in [-0.4, -0.2) is 35.3 Å². The number of hydrogen-bond acceptors (Lipinski definition) is 4. The number of nitrogens with one attached hydrogen (secondary N) is 1. The monoisotopic (exact) mass is 253 g/mol. The van der Waals surface area contributed by atoms with Gasteiger partial charge in [-0.05, 0) is 24.6 Å². The molecule has 1 aromatic carbocycles. The average molecular weight is 253 g/mol. The van der Waals surface area contributed by atoms with Crippen molar-refractivity contribution in [2.24, 2.45) is 0 Å². The SMILES string of the molecule is CC(NC(=O)COCC(=O)O)c1cccc(O)c1. The van der Waals surface area contributed by atoms with Crippen LogP contribution in [0.2, 0.25) is 0 Å². The number of carbonyl (C=O) groups is 2. The van der Waals surface area contributed by atoms with E-state index in [0.717, 1.165) is 5.56 Å². The first kappa shape index (κ1) is 14.0. The summed E-state index contributed by atoms with van der Waals surface area (Å²) in [5.41, 5.74) is 0.751. The third kappa shape index (κ3) is 4.84. The molecule has 0 aromatic heterocycles. The molecular weight excluding hydrogens is 238 g/mol. The van der Waals surface area contributed by atoms with E-state index in [9.17, 15) is 14.7 Å². The summed E-state index contributed by atoms with van der Waals surface area (Å²) in [5, 5.41) is 20.3. The summed E-state index contributed by atoms with van der Waals surface area (Å²) in [5.74, 6) is -1.41. The molecule has 1 amide bonds. The van der Waals surface area contributed by atoms with Crippen LogP contribution < -0.4 is 5.32 Å². The number of rotatable bonds is 6. The van der Waals surface area contributed by atoms with Crippen molar-refractivity contribution in [1.82, 2.24) is 5.32 Å². The van der Waals surface area contributed by atoms with Crippen LogP contribution in [0.25, 0.3) is 0 Å². The normalized spacial score (nSPS) is 11.8. The molecule has 0 saturated carbocycles. The smallest absolute Gasteiger partial charge is 0.329 e. The Morgan fingerprint density at radius 3 is 2.72 bits per heavy atom. The minimum atomic E-state index is -1.12. The van der Waals surface area contributed by atoms with Gasteiger partial charge >= 0.3 is 5.97 Å². The molecule has 0 spiro atoms. The van der Waals surface area contributed by atoms with E-state index in [0.29, 0.717) is 0 Å². The van der Waals surface area contributed by atoms with E-state index in [2.05, 4.69) is 10.1 Å². The topological polar surface area (TPSA) is 95.9 Å². The number of phenolic OH excluding ortho intramolecular Hbond substituents is 1. The van der Waals surface area contributed by atoms with Crippen LogP contribution in [0.4, 0.5) is 0 Å². The predicted molar refractivity (Wildman–Crippen MR) is 63.1 cm³/mol. The lowest BCUT2D eigenvalue weighted by atomic mass is 10.1. The number of benzene rings is 1. The zero-order valence-electron chi connectivity index (χ0n) is 9.92. The molecule has 0 aliphatic heterocycles. The van der Waals surface area contributed by atoms with Crippen LogP contribution in [0.3, 0.4) is 0 Å². The third-order valence-corrected chi connectivity index (χ3v) is 2.21. The number of ether oxygens (including phenoxy) is 1. The molecule has 18 heavy (non-hydrogen) atoms. The fraction of sp³-hybridized carbons (Fsp3) is 0.333. The summed E-state index contributed by atoms with van der Waals surface area (Å²) in [6.07, 6.45) is 0. The number of carboxylic acid groups (broad SMARTS) is 1. The molecule has 0 fully saturated rings. The number of aliphatic carboxylic acids is 1. The molecule has 6 heteroatoms. The molecule has 1 aromatic rings. The van der Waals surface area contributed by atoms with Gasteiger partial charge in [0.1, 0.15) is 19.0 Å². The number of carbonyl (C=O) groups excluding carboxylic acids is 1. The van der Waals surface area contributed by atoms with Gasteiger partial charge in [0, 0.05) is 0 Å². The highest BCUT2D eigenvalue weighted by Gasteiger charge is 2.10. The second-order valence-electron chi connectivity index (χ2n) is 3.77. The largest absolute Gasteiger partial charge is 0.508 e.